The lowest BCUT2D eigenvalue weighted by Gasteiger charge is -2.16. The van der Waals surface area contributed by atoms with Gasteiger partial charge < -0.3 is 10.2 Å². The Morgan fingerprint density at radius 2 is 1.78 bits per heavy atom. The first-order chi connectivity index (χ1) is 12.9. The SMILES string of the molecule is O=C(NC(=S)Nc1cccc(C(=O)N2CCCC2)c1)c1ccc(Cl)cc1Cl. The molecule has 0 saturated carbocycles. The van der Waals surface area contributed by atoms with Crippen LogP contribution in [0.15, 0.2) is 42.5 Å². The zero-order valence-electron chi connectivity index (χ0n) is 14.3. The summed E-state index contributed by atoms with van der Waals surface area (Å²) in [6.45, 7) is 1.57. The first-order valence-electron chi connectivity index (χ1n) is 8.41. The van der Waals surface area contributed by atoms with E-state index >= 15 is 0 Å². The van der Waals surface area contributed by atoms with Crippen LogP contribution >= 0.6 is 35.4 Å². The fourth-order valence-electron chi connectivity index (χ4n) is 2.84. The number of benzene rings is 2. The van der Waals surface area contributed by atoms with Crippen molar-refractivity contribution in [2.75, 3.05) is 18.4 Å². The maximum absolute atomic E-state index is 12.5. The molecule has 0 aliphatic carbocycles. The molecule has 1 heterocycles. The van der Waals surface area contributed by atoms with Crippen LogP contribution in [-0.2, 0) is 0 Å². The lowest BCUT2D eigenvalue weighted by Crippen LogP contribution is -2.34. The second-order valence-electron chi connectivity index (χ2n) is 6.11. The molecule has 0 spiro atoms. The van der Waals surface area contributed by atoms with Crippen LogP contribution in [0.3, 0.4) is 0 Å². The standard InChI is InChI=1S/C19H17Cl2N3O2S/c20-13-6-7-15(16(21)11-13)17(25)23-19(27)22-14-5-3-4-12(10-14)18(26)24-8-1-2-9-24/h3-7,10-11H,1-2,8-9H2,(H2,22,23,25,27). The number of thiocarbonyl (C=S) groups is 1. The Balaban J connectivity index is 1.64. The highest BCUT2D eigenvalue weighted by Gasteiger charge is 2.19. The Hall–Kier alpha value is -2.15. The lowest BCUT2D eigenvalue weighted by atomic mass is 10.2. The summed E-state index contributed by atoms with van der Waals surface area (Å²) in [6, 6.07) is 11.6. The molecule has 5 nitrogen and oxygen atoms in total. The molecule has 2 N–H and O–H groups in total. The van der Waals surface area contributed by atoms with Crippen molar-refractivity contribution in [3.8, 4) is 0 Å². The summed E-state index contributed by atoms with van der Waals surface area (Å²) in [6.07, 6.45) is 2.07. The van der Waals surface area contributed by atoms with Gasteiger partial charge in [0.25, 0.3) is 11.8 Å². The van der Waals surface area contributed by atoms with Gasteiger partial charge in [-0.15, -0.1) is 0 Å². The van der Waals surface area contributed by atoms with Crippen LogP contribution in [0.2, 0.25) is 10.0 Å². The van der Waals surface area contributed by atoms with Crippen LogP contribution in [0.25, 0.3) is 0 Å². The molecular weight excluding hydrogens is 405 g/mol. The fraction of sp³-hybridized carbons (Fsp3) is 0.211. The summed E-state index contributed by atoms with van der Waals surface area (Å²) in [5.74, 6) is -0.447. The number of carbonyl (C=O) groups excluding carboxylic acids is 2. The van der Waals surface area contributed by atoms with Gasteiger partial charge >= 0.3 is 0 Å². The highest BCUT2D eigenvalue weighted by Crippen LogP contribution is 2.21. The van der Waals surface area contributed by atoms with Crippen molar-refractivity contribution in [3.63, 3.8) is 0 Å². The van der Waals surface area contributed by atoms with E-state index in [1.165, 1.54) is 12.1 Å². The summed E-state index contributed by atoms with van der Waals surface area (Å²) in [7, 11) is 0. The fourth-order valence-corrected chi connectivity index (χ4v) is 3.54. The Morgan fingerprint density at radius 3 is 2.48 bits per heavy atom. The third-order valence-corrected chi connectivity index (χ3v) is 4.92. The van der Waals surface area contributed by atoms with Crippen molar-refractivity contribution in [3.05, 3.63) is 63.6 Å². The van der Waals surface area contributed by atoms with Crippen molar-refractivity contribution in [1.29, 1.82) is 0 Å². The van der Waals surface area contributed by atoms with Crippen LogP contribution in [0.5, 0.6) is 0 Å². The largest absolute Gasteiger partial charge is 0.339 e. The second-order valence-corrected chi connectivity index (χ2v) is 7.36. The third-order valence-electron chi connectivity index (χ3n) is 4.16. The molecule has 2 aromatic carbocycles. The molecule has 1 saturated heterocycles. The quantitative estimate of drug-likeness (QED) is 0.722. The smallest absolute Gasteiger partial charge is 0.258 e. The Kier molecular flexibility index (Phi) is 6.31. The summed E-state index contributed by atoms with van der Waals surface area (Å²) >= 11 is 17.1. The van der Waals surface area contributed by atoms with Gasteiger partial charge in [-0.2, -0.15) is 0 Å². The third kappa shape index (κ3) is 4.97. The second kappa shape index (κ2) is 8.69. The van der Waals surface area contributed by atoms with Gasteiger partial charge in [-0.25, -0.2) is 0 Å². The minimum atomic E-state index is -0.446. The minimum Gasteiger partial charge on any atom is -0.339 e. The molecule has 1 aliphatic rings. The van der Waals surface area contributed by atoms with Gasteiger partial charge in [0.2, 0.25) is 0 Å². The van der Waals surface area contributed by atoms with E-state index in [0.717, 1.165) is 25.9 Å². The number of rotatable bonds is 3. The van der Waals surface area contributed by atoms with Crippen molar-refractivity contribution in [2.24, 2.45) is 0 Å². The van der Waals surface area contributed by atoms with Gasteiger partial charge in [0.1, 0.15) is 0 Å². The molecule has 0 atom stereocenters. The number of hydrogen-bond acceptors (Lipinski definition) is 3. The molecule has 140 valence electrons. The summed E-state index contributed by atoms with van der Waals surface area (Å²) in [4.78, 5) is 26.6. The number of likely N-dealkylation sites (tertiary alicyclic amines) is 1. The summed E-state index contributed by atoms with van der Waals surface area (Å²) in [5.41, 5.74) is 1.47. The van der Waals surface area contributed by atoms with Gasteiger partial charge in [-0.1, -0.05) is 29.3 Å². The van der Waals surface area contributed by atoms with E-state index in [9.17, 15) is 9.59 Å². The van der Waals surface area contributed by atoms with E-state index in [1.807, 2.05) is 4.90 Å². The molecule has 3 rings (SSSR count). The average molecular weight is 422 g/mol. The molecule has 1 fully saturated rings. The van der Waals surface area contributed by atoms with Crippen molar-refractivity contribution in [2.45, 2.75) is 12.8 Å². The van der Waals surface area contributed by atoms with E-state index < -0.39 is 5.91 Å². The van der Waals surface area contributed by atoms with Crippen LogP contribution in [0, 0.1) is 0 Å². The van der Waals surface area contributed by atoms with Gasteiger partial charge in [0, 0.05) is 29.4 Å². The van der Waals surface area contributed by atoms with E-state index in [0.29, 0.717) is 16.3 Å². The predicted octanol–water partition coefficient (Wildman–Crippen LogP) is 4.36. The number of anilines is 1. The molecule has 0 bridgehead atoms. The molecule has 2 aromatic rings. The highest BCUT2D eigenvalue weighted by molar-refractivity contribution is 7.80. The zero-order chi connectivity index (χ0) is 19.4. The van der Waals surface area contributed by atoms with Gasteiger partial charge in [-0.05, 0) is 61.5 Å². The van der Waals surface area contributed by atoms with E-state index in [1.54, 1.807) is 30.3 Å². The molecule has 2 amide bonds. The molecule has 0 radical (unpaired) electrons. The topological polar surface area (TPSA) is 61.4 Å². The Morgan fingerprint density at radius 1 is 1.04 bits per heavy atom. The monoisotopic (exact) mass is 421 g/mol. The molecule has 1 aliphatic heterocycles. The maximum atomic E-state index is 12.5. The summed E-state index contributed by atoms with van der Waals surface area (Å²) < 4.78 is 0. The van der Waals surface area contributed by atoms with Crippen molar-refractivity contribution < 1.29 is 9.59 Å². The Labute approximate surface area is 172 Å². The lowest BCUT2D eigenvalue weighted by molar-refractivity contribution is 0.0792. The molecule has 27 heavy (non-hydrogen) atoms. The number of halogens is 2. The summed E-state index contributed by atoms with van der Waals surface area (Å²) in [5, 5.41) is 6.27. The highest BCUT2D eigenvalue weighted by atomic mass is 35.5. The van der Waals surface area contributed by atoms with Crippen LogP contribution in [0.4, 0.5) is 5.69 Å². The van der Waals surface area contributed by atoms with Crippen LogP contribution in [-0.4, -0.2) is 34.9 Å². The zero-order valence-corrected chi connectivity index (χ0v) is 16.6. The average Bonchev–Trinajstić information content (AvgIpc) is 3.15. The number of carbonyl (C=O) groups is 2. The van der Waals surface area contributed by atoms with Crippen LogP contribution < -0.4 is 10.6 Å². The Bertz CT molecular complexity index is 898. The van der Waals surface area contributed by atoms with E-state index in [4.69, 9.17) is 35.4 Å². The minimum absolute atomic E-state index is 0.000880. The number of hydrogen-bond donors (Lipinski definition) is 2. The van der Waals surface area contributed by atoms with E-state index in [-0.39, 0.29) is 21.6 Å². The van der Waals surface area contributed by atoms with Gasteiger partial charge in [0.15, 0.2) is 5.11 Å². The number of nitrogens with one attached hydrogen (secondary N) is 2. The molecular formula is C19H17Cl2N3O2S. The van der Waals surface area contributed by atoms with Gasteiger partial charge in [-0.3, -0.25) is 14.9 Å². The number of nitrogens with zero attached hydrogens (tertiary/aromatic N) is 1. The van der Waals surface area contributed by atoms with E-state index in [2.05, 4.69) is 10.6 Å². The van der Waals surface area contributed by atoms with Crippen molar-refractivity contribution in [1.82, 2.24) is 10.2 Å². The molecule has 0 aromatic heterocycles. The first kappa shape index (κ1) is 19.6. The first-order valence-corrected chi connectivity index (χ1v) is 9.57. The molecule has 0 unspecified atom stereocenters. The van der Waals surface area contributed by atoms with Crippen LogP contribution in [0.1, 0.15) is 33.6 Å². The maximum Gasteiger partial charge on any atom is 0.258 e. The number of amides is 2. The predicted molar refractivity (Wildman–Crippen MR) is 112 cm³/mol. The normalized spacial score (nSPS) is 13.3. The van der Waals surface area contributed by atoms with Gasteiger partial charge in [0.05, 0.1) is 10.6 Å². The van der Waals surface area contributed by atoms with Crippen molar-refractivity contribution >= 4 is 58.0 Å². The molecule has 8 heteroatoms.